The quantitative estimate of drug-likeness (QED) is 0.884. The first-order valence-electron chi connectivity index (χ1n) is 7.09. The Kier molecular flexibility index (Phi) is 4.27. The van der Waals surface area contributed by atoms with Crippen LogP contribution in [0.4, 0.5) is 4.39 Å². The number of aryl methyl sites for hydroxylation is 1. The third-order valence-corrected chi connectivity index (χ3v) is 4.79. The fraction of sp³-hybridized carbons (Fsp3) is 0.294. The monoisotopic (exact) mass is 349 g/mol. The molecule has 0 radical (unpaired) electrons. The first-order chi connectivity index (χ1) is 10.1. The number of fused-ring (bicyclic) bond motifs is 1. The molecule has 0 aromatic heterocycles. The SMILES string of the molecule is N[C@@H]1CCCc2ccc(OCc3cccc(F)c3Br)cc21. The van der Waals surface area contributed by atoms with Gasteiger partial charge in [-0.05, 0) is 64.5 Å². The summed E-state index contributed by atoms with van der Waals surface area (Å²) in [6.45, 7) is 0.326. The molecule has 0 amide bonds. The molecule has 2 aromatic carbocycles. The number of ether oxygens (including phenoxy) is 1. The Labute approximate surface area is 132 Å². The summed E-state index contributed by atoms with van der Waals surface area (Å²) in [4.78, 5) is 0. The number of benzene rings is 2. The zero-order chi connectivity index (χ0) is 14.8. The molecule has 1 aliphatic rings. The Morgan fingerprint density at radius 2 is 2.14 bits per heavy atom. The van der Waals surface area contributed by atoms with E-state index < -0.39 is 0 Å². The van der Waals surface area contributed by atoms with Gasteiger partial charge in [0.15, 0.2) is 0 Å². The van der Waals surface area contributed by atoms with Crippen molar-refractivity contribution in [1.82, 2.24) is 0 Å². The molecule has 0 aliphatic heterocycles. The third kappa shape index (κ3) is 3.11. The second-order valence-corrected chi connectivity index (χ2v) is 6.15. The average molecular weight is 350 g/mol. The van der Waals surface area contributed by atoms with Crippen LogP contribution >= 0.6 is 15.9 Å². The lowest BCUT2D eigenvalue weighted by atomic mass is 9.88. The maximum Gasteiger partial charge on any atom is 0.137 e. The molecule has 1 atom stereocenters. The molecule has 0 saturated heterocycles. The molecule has 0 heterocycles. The minimum atomic E-state index is -0.274. The molecular formula is C17H17BrFNO. The fourth-order valence-corrected chi connectivity index (χ4v) is 3.10. The van der Waals surface area contributed by atoms with Crippen LogP contribution in [0, 0.1) is 5.82 Å². The summed E-state index contributed by atoms with van der Waals surface area (Å²) in [5.74, 6) is 0.505. The van der Waals surface area contributed by atoms with Gasteiger partial charge < -0.3 is 10.5 Å². The molecule has 1 aliphatic carbocycles. The number of rotatable bonds is 3. The van der Waals surface area contributed by atoms with Gasteiger partial charge in [0.1, 0.15) is 18.2 Å². The van der Waals surface area contributed by atoms with E-state index in [0.717, 1.165) is 30.6 Å². The van der Waals surface area contributed by atoms with E-state index in [1.807, 2.05) is 18.2 Å². The summed E-state index contributed by atoms with van der Waals surface area (Å²) >= 11 is 3.25. The molecule has 2 aromatic rings. The van der Waals surface area contributed by atoms with Crippen LogP contribution in [-0.4, -0.2) is 0 Å². The molecule has 2 N–H and O–H groups in total. The molecule has 0 fully saturated rings. The lowest BCUT2D eigenvalue weighted by Gasteiger charge is -2.22. The van der Waals surface area contributed by atoms with Gasteiger partial charge in [0.05, 0.1) is 4.47 Å². The van der Waals surface area contributed by atoms with Gasteiger partial charge >= 0.3 is 0 Å². The zero-order valence-corrected chi connectivity index (χ0v) is 13.2. The molecule has 0 bridgehead atoms. The standard InChI is InChI=1S/C17H17BrFNO/c18-17-12(4-1-5-15(17)19)10-21-13-8-7-11-3-2-6-16(20)14(11)9-13/h1,4-5,7-9,16H,2-3,6,10,20H2/t16-/m1/s1. The maximum atomic E-state index is 13.5. The summed E-state index contributed by atoms with van der Waals surface area (Å²) in [5.41, 5.74) is 9.43. The lowest BCUT2D eigenvalue weighted by molar-refractivity contribution is 0.303. The van der Waals surface area contributed by atoms with Crippen LogP contribution in [-0.2, 0) is 13.0 Å². The van der Waals surface area contributed by atoms with E-state index >= 15 is 0 Å². The van der Waals surface area contributed by atoms with Crippen molar-refractivity contribution < 1.29 is 9.13 Å². The second kappa shape index (κ2) is 6.16. The first-order valence-corrected chi connectivity index (χ1v) is 7.88. The van der Waals surface area contributed by atoms with E-state index in [1.54, 1.807) is 6.07 Å². The van der Waals surface area contributed by atoms with E-state index in [0.29, 0.717) is 11.1 Å². The van der Waals surface area contributed by atoms with Gasteiger partial charge in [-0.25, -0.2) is 4.39 Å². The minimum absolute atomic E-state index is 0.0956. The Bertz CT molecular complexity index is 659. The van der Waals surface area contributed by atoms with Crippen LogP contribution < -0.4 is 10.5 Å². The van der Waals surface area contributed by atoms with Crippen molar-refractivity contribution in [3.63, 3.8) is 0 Å². The van der Waals surface area contributed by atoms with E-state index in [4.69, 9.17) is 10.5 Å². The summed E-state index contributed by atoms with van der Waals surface area (Å²) < 4.78 is 19.7. The van der Waals surface area contributed by atoms with Crippen molar-refractivity contribution in [3.8, 4) is 5.75 Å². The van der Waals surface area contributed by atoms with Crippen molar-refractivity contribution in [2.24, 2.45) is 5.73 Å². The van der Waals surface area contributed by atoms with E-state index in [2.05, 4.69) is 22.0 Å². The molecule has 0 unspecified atom stereocenters. The van der Waals surface area contributed by atoms with Crippen LogP contribution in [0.1, 0.15) is 35.6 Å². The molecule has 3 rings (SSSR count). The highest BCUT2D eigenvalue weighted by atomic mass is 79.9. The van der Waals surface area contributed by atoms with Crippen molar-refractivity contribution in [2.45, 2.75) is 31.9 Å². The predicted molar refractivity (Wildman–Crippen MR) is 84.7 cm³/mol. The van der Waals surface area contributed by atoms with Gasteiger partial charge in [-0.1, -0.05) is 18.2 Å². The number of hydrogen-bond acceptors (Lipinski definition) is 2. The van der Waals surface area contributed by atoms with Crippen molar-refractivity contribution >= 4 is 15.9 Å². The van der Waals surface area contributed by atoms with Crippen LogP contribution in [0.3, 0.4) is 0 Å². The number of nitrogens with two attached hydrogens (primary N) is 1. The molecule has 21 heavy (non-hydrogen) atoms. The highest BCUT2D eigenvalue weighted by molar-refractivity contribution is 9.10. The Hall–Kier alpha value is -1.39. The summed E-state index contributed by atoms with van der Waals surface area (Å²) in [6.07, 6.45) is 3.25. The van der Waals surface area contributed by atoms with Gasteiger partial charge in [0.25, 0.3) is 0 Å². The molecule has 2 nitrogen and oxygen atoms in total. The third-order valence-electron chi connectivity index (χ3n) is 3.90. The van der Waals surface area contributed by atoms with Crippen molar-refractivity contribution in [2.75, 3.05) is 0 Å². The van der Waals surface area contributed by atoms with Crippen molar-refractivity contribution in [1.29, 1.82) is 0 Å². The highest BCUT2D eigenvalue weighted by Gasteiger charge is 2.17. The fourth-order valence-electron chi connectivity index (χ4n) is 2.72. The highest BCUT2D eigenvalue weighted by Crippen LogP contribution is 2.31. The predicted octanol–water partition coefficient (Wildman–Crippen LogP) is 4.50. The van der Waals surface area contributed by atoms with Gasteiger partial charge in [-0.3, -0.25) is 0 Å². The summed E-state index contributed by atoms with van der Waals surface area (Å²) in [6, 6.07) is 11.1. The molecular weight excluding hydrogens is 333 g/mol. The topological polar surface area (TPSA) is 35.2 Å². The van der Waals surface area contributed by atoms with Gasteiger partial charge in [-0.2, -0.15) is 0 Å². The maximum absolute atomic E-state index is 13.5. The normalized spacial score (nSPS) is 17.4. The second-order valence-electron chi connectivity index (χ2n) is 5.36. The summed E-state index contributed by atoms with van der Waals surface area (Å²) in [7, 11) is 0. The zero-order valence-electron chi connectivity index (χ0n) is 11.6. The molecule has 0 spiro atoms. The first kappa shape index (κ1) is 14.5. The largest absolute Gasteiger partial charge is 0.489 e. The Morgan fingerprint density at radius 3 is 3.00 bits per heavy atom. The smallest absolute Gasteiger partial charge is 0.137 e. The van der Waals surface area contributed by atoms with Gasteiger partial charge in [-0.15, -0.1) is 0 Å². The van der Waals surface area contributed by atoms with Crippen LogP contribution in [0.5, 0.6) is 5.75 Å². The average Bonchev–Trinajstić information content (AvgIpc) is 2.49. The van der Waals surface area contributed by atoms with Crippen LogP contribution in [0.15, 0.2) is 40.9 Å². The van der Waals surface area contributed by atoms with Crippen molar-refractivity contribution in [3.05, 3.63) is 63.4 Å². The number of halogens is 2. The number of hydrogen-bond donors (Lipinski definition) is 1. The minimum Gasteiger partial charge on any atom is -0.489 e. The summed E-state index contributed by atoms with van der Waals surface area (Å²) in [5, 5.41) is 0. The molecule has 4 heteroatoms. The molecule has 110 valence electrons. The lowest BCUT2D eigenvalue weighted by Crippen LogP contribution is -2.17. The Morgan fingerprint density at radius 1 is 1.29 bits per heavy atom. The van der Waals surface area contributed by atoms with Crippen LogP contribution in [0.2, 0.25) is 0 Å². The van der Waals surface area contributed by atoms with E-state index in [-0.39, 0.29) is 11.9 Å². The molecule has 0 saturated carbocycles. The van der Waals surface area contributed by atoms with E-state index in [1.165, 1.54) is 17.2 Å². The van der Waals surface area contributed by atoms with E-state index in [9.17, 15) is 4.39 Å². The van der Waals surface area contributed by atoms with Gasteiger partial charge in [0.2, 0.25) is 0 Å². The van der Waals surface area contributed by atoms with Crippen LogP contribution in [0.25, 0.3) is 0 Å². The van der Waals surface area contributed by atoms with Gasteiger partial charge in [0, 0.05) is 11.6 Å². The Balaban J connectivity index is 1.77.